The second-order valence-electron chi connectivity index (χ2n) is 9.16. The number of β-lactam (4-membered cyclic amide) rings is 1. The second-order valence-corrected chi connectivity index (χ2v) is 10.0. The molecule has 16 heteroatoms. The van der Waals surface area contributed by atoms with Crippen LogP contribution in [0.2, 0.25) is 0 Å². The minimum Gasteiger partial charge on any atom is -0.478 e. The van der Waals surface area contributed by atoms with Crippen molar-refractivity contribution in [2.45, 2.75) is 64.4 Å². The van der Waals surface area contributed by atoms with Gasteiger partial charge >= 0.3 is 12.1 Å². The number of carbonyl (C=O) groups is 4. The van der Waals surface area contributed by atoms with Gasteiger partial charge in [0.1, 0.15) is 17.3 Å². The Hall–Kier alpha value is -4.08. The van der Waals surface area contributed by atoms with E-state index >= 15 is 0 Å². The van der Waals surface area contributed by atoms with E-state index in [1.807, 2.05) is 0 Å². The Balaban J connectivity index is 1.79. The Bertz CT molecular complexity index is 1170. The summed E-state index contributed by atoms with van der Waals surface area (Å²) in [6, 6.07) is -1.43. The zero-order valence-electron chi connectivity index (χ0n) is 20.1. The summed E-state index contributed by atoms with van der Waals surface area (Å²) in [5, 5.41) is 30.1. The maximum absolute atomic E-state index is 13.1. The molecule has 0 aliphatic carbocycles. The molecule has 2 aromatic rings. The van der Waals surface area contributed by atoms with Crippen LogP contribution < -0.4 is 16.0 Å². The number of anilines is 1. The molecule has 0 radical (unpaired) electrons. The lowest BCUT2D eigenvalue weighted by atomic mass is 9.98. The number of nitrogens with zero attached hydrogens (tertiary/aromatic N) is 5. The van der Waals surface area contributed by atoms with Crippen molar-refractivity contribution in [3.8, 4) is 0 Å². The Kier molecular flexibility index (Phi) is 7.57. The molecule has 194 valence electrons. The number of hydrogen-bond acceptors (Lipinski definition) is 11. The number of carbonyl (C=O) groups excluding carboxylic acids is 3. The van der Waals surface area contributed by atoms with Gasteiger partial charge in [-0.2, -0.15) is 15.0 Å². The van der Waals surface area contributed by atoms with Gasteiger partial charge in [0.2, 0.25) is 11.5 Å². The highest BCUT2D eigenvalue weighted by Gasteiger charge is 2.42. The summed E-state index contributed by atoms with van der Waals surface area (Å²) in [4.78, 5) is 59.3. The van der Waals surface area contributed by atoms with Crippen LogP contribution in [0.25, 0.3) is 0 Å². The van der Waals surface area contributed by atoms with E-state index in [1.54, 1.807) is 20.8 Å². The number of carboxylic acid groups (broad SMARTS) is 1. The number of oxime groups is 1. The Morgan fingerprint density at radius 1 is 1.22 bits per heavy atom. The maximum atomic E-state index is 13.1. The SMILES string of the molecule is CC(C)(C)OC(=O)Nc1nc(C(=NOC(C)(C)C(=O)O)C(=O)N[C@@H]2C(=O)N[C@@H]2Cn2nccn2)cs1. The number of ether oxygens (including phenoxy) is 1. The third-order valence-corrected chi connectivity index (χ3v) is 5.33. The highest BCUT2D eigenvalue weighted by molar-refractivity contribution is 7.14. The number of aromatic nitrogens is 4. The summed E-state index contributed by atoms with van der Waals surface area (Å²) in [6.45, 7) is 7.79. The summed E-state index contributed by atoms with van der Waals surface area (Å²) in [5.41, 5.74) is -2.91. The molecular weight excluding hydrogens is 496 g/mol. The Labute approximate surface area is 209 Å². The average molecular weight is 523 g/mol. The average Bonchev–Trinajstić information content (AvgIpc) is 3.43. The number of carboxylic acids is 1. The van der Waals surface area contributed by atoms with Crippen molar-refractivity contribution in [3.63, 3.8) is 0 Å². The summed E-state index contributed by atoms with van der Waals surface area (Å²) in [7, 11) is 0. The minimum absolute atomic E-state index is 0.0187. The molecule has 0 unspecified atom stereocenters. The van der Waals surface area contributed by atoms with Gasteiger partial charge in [-0.1, -0.05) is 5.16 Å². The molecule has 36 heavy (non-hydrogen) atoms. The van der Waals surface area contributed by atoms with Gasteiger partial charge in [-0.25, -0.2) is 14.6 Å². The molecule has 0 saturated carbocycles. The van der Waals surface area contributed by atoms with Crippen LogP contribution in [0.15, 0.2) is 22.9 Å². The van der Waals surface area contributed by atoms with E-state index in [4.69, 9.17) is 9.57 Å². The number of amides is 3. The van der Waals surface area contributed by atoms with Crippen LogP contribution in [0.1, 0.15) is 40.3 Å². The third kappa shape index (κ3) is 6.74. The lowest BCUT2D eigenvalue weighted by molar-refractivity contribution is -0.161. The number of nitrogens with one attached hydrogen (secondary N) is 3. The number of rotatable bonds is 9. The quantitative estimate of drug-likeness (QED) is 0.202. The highest BCUT2D eigenvalue weighted by Crippen LogP contribution is 2.20. The molecule has 1 aliphatic rings. The van der Waals surface area contributed by atoms with Gasteiger partial charge in [-0.3, -0.25) is 14.9 Å². The molecule has 3 heterocycles. The zero-order chi connectivity index (χ0) is 26.7. The molecule has 4 N–H and O–H groups in total. The summed E-state index contributed by atoms with van der Waals surface area (Å²) >= 11 is 0.977. The van der Waals surface area contributed by atoms with Crippen LogP contribution in [0.4, 0.5) is 9.93 Å². The third-order valence-electron chi connectivity index (χ3n) is 4.58. The van der Waals surface area contributed by atoms with Gasteiger partial charge in [-0.15, -0.1) is 11.3 Å². The van der Waals surface area contributed by atoms with Gasteiger partial charge in [0.15, 0.2) is 10.8 Å². The normalized spacial score (nSPS) is 18.0. The van der Waals surface area contributed by atoms with Crippen LogP contribution in [-0.4, -0.2) is 78.0 Å². The molecule has 0 spiro atoms. The first kappa shape index (κ1) is 26.5. The Morgan fingerprint density at radius 2 is 1.89 bits per heavy atom. The smallest absolute Gasteiger partial charge is 0.413 e. The van der Waals surface area contributed by atoms with Crippen molar-refractivity contribution in [2.24, 2.45) is 5.16 Å². The van der Waals surface area contributed by atoms with E-state index < -0.39 is 52.9 Å². The van der Waals surface area contributed by atoms with E-state index in [9.17, 15) is 24.3 Å². The first-order chi connectivity index (χ1) is 16.7. The molecule has 0 bridgehead atoms. The lowest BCUT2D eigenvalue weighted by Gasteiger charge is -2.36. The monoisotopic (exact) mass is 522 g/mol. The first-order valence-electron chi connectivity index (χ1n) is 10.7. The predicted octanol–water partition coefficient (Wildman–Crippen LogP) is 0.349. The van der Waals surface area contributed by atoms with Crippen LogP contribution >= 0.6 is 11.3 Å². The molecule has 15 nitrogen and oxygen atoms in total. The first-order valence-corrected chi connectivity index (χ1v) is 11.5. The standard InChI is InChI=1S/C20H26N8O7S/c1-19(2,3)34-18(33)26-17-24-11(9-36-17)13(27-35-20(4,5)16(31)32)15(30)25-12-10(23-14(12)29)8-28-21-6-7-22-28/h6-7,9-10,12H,8H2,1-5H3,(H,23,29)(H,25,30)(H,31,32)(H,24,26,33)/t10-,12+/m1/s1. The van der Waals surface area contributed by atoms with E-state index in [0.717, 1.165) is 11.3 Å². The molecule has 1 fully saturated rings. The maximum Gasteiger partial charge on any atom is 0.413 e. The largest absolute Gasteiger partial charge is 0.478 e. The molecule has 1 aliphatic heterocycles. The molecule has 1 saturated heterocycles. The van der Waals surface area contributed by atoms with Crippen LogP contribution in [0.5, 0.6) is 0 Å². The van der Waals surface area contributed by atoms with Crippen molar-refractivity contribution in [2.75, 3.05) is 5.32 Å². The summed E-state index contributed by atoms with van der Waals surface area (Å²) < 4.78 is 5.18. The van der Waals surface area contributed by atoms with Crippen molar-refractivity contribution in [3.05, 3.63) is 23.5 Å². The fourth-order valence-corrected chi connectivity index (χ4v) is 3.40. The number of hydrogen-bond donors (Lipinski definition) is 4. The Morgan fingerprint density at radius 3 is 2.47 bits per heavy atom. The minimum atomic E-state index is -1.76. The fourth-order valence-electron chi connectivity index (χ4n) is 2.72. The molecule has 3 rings (SSSR count). The van der Waals surface area contributed by atoms with Crippen molar-refractivity contribution in [1.82, 2.24) is 30.6 Å². The van der Waals surface area contributed by atoms with E-state index in [0.29, 0.717) is 0 Å². The highest BCUT2D eigenvalue weighted by atomic mass is 32.1. The van der Waals surface area contributed by atoms with Crippen LogP contribution in [0, 0.1) is 0 Å². The number of thiazole rings is 1. The fraction of sp³-hybridized carbons (Fsp3) is 0.500. The van der Waals surface area contributed by atoms with E-state index in [-0.39, 0.29) is 17.4 Å². The van der Waals surface area contributed by atoms with Crippen LogP contribution in [0.3, 0.4) is 0 Å². The van der Waals surface area contributed by atoms with Crippen LogP contribution in [-0.2, 0) is 30.5 Å². The molecular formula is C20H26N8O7S. The van der Waals surface area contributed by atoms with Gasteiger partial charge < -0.3 is 25.3 Å². The van der Waals surface area contributed by atoms with Gasteiger partial charge in [0.05, 0.1) is 25.0 Å². The van der Waals surface area contributed by atoms with E-state index in [1.165, 1.54) is 36.4 Å². The zero-order valence-corrected chi connectivity index (χ0v) is 21.0. The summed E-state index contributed by atoms with van der Waals surface area (Å²) in [6.07, 6.45) is 2.20. The molecule has 3 amide bonds. The van der Waals surface area contributed by atoms with Crippen molar-refractivity contribution in [1.29, 1.82) is 0 Å². The number of aliphatic carboxylic acids is 1. The van der Waals surface area contributed by atoms with Crippen molar-refractivity contribution >= 4 is 46.1 Å². The molecule has 0 aromatic carbocycles. The van der Waals surface area contributed by atoms with E-state index in [2.05, 4.69) is 36.3 Å². The summed E-state index contributed by atoms with van der Waals surface area (Å²) in [5.74, 6) is -2.59. The molecule has 2 aromatic heterocycles. The van der Waals surface area contributed by atoms with Gasteiger partial charge in [-0.05, 0) is 34.6 Å². The second kappa shape index (κ2) is 10.3. The predicted molar refractivity (Wildman–Crippen MR) is 125 cm³/mol. The van der Waals surface area contributed by atoms with Gasteiger partial charge in [0, 0.05) is 5.38 Å². The van der Waals surface area contributed by atoms with Crippen molar-refractivity contribution < 1.29 is 33.9 Å². The van der Waals surface area contributed by atoms with Gasteiger partial charge in [0.25, 0.3) is 5.91 Å². The topological polar surface area (TPSA) is 199 Å². The lowest BCUT2D eigenvalue weighted by Crippen LogP contribution is -2.70. The molecule has 2 atom stereocenters.